The highest BCUT2D eigenvalue weighted by Gasteiger charge is 2.08. The summed E-state index contributed by atoms with van der Waals surface area (Å²) < 4.78 is 22.5. The fourth-order valence-electron chi connectivity index (χ4n) is 1.53. The first-order chi connectivity index (χ1) is 7.90. The van der Waals surface area contributed by atoms with Gasteiger partial charge in [0.15, 0.2) is 0 Å². The lowest BCUT2D eigenvalue weighted by molar-refractivity contribution is 0.559. The third-order valence-corrected chi connectivity index (χ3v) is 4.01. The Bertz CT molecular complexity index is 462. The van der Waals surface area contributed by atoms with Crippen molar-refractivity contribution in [3.63, 3.8) is 0 Å². The van der Waals surface area contributed by atoms with Gasteiger partial charge in [-0.3, -0.25) is 0 Å². The summed E-state index contributed by atoms with van der Waals surface area (Å²) >= 11 is 3.48. The van der Waals surface area contributed by atoms with Gasteiger partial charge in [-0.25, -0.2) is 13.6 Å². The summed E-state index contributed by atoms with van der Waals surface area (Å²) in [4.78, 5) is 0. The zero-order valence-corrected chi connectivity index (χ0v) is 12.1. The number of rotatable bonds is 6. The lowest BCUT2D eigenvalue weighted by atomic mass is 10.1. The van der Waals surface area contributed by atoms with Crippen LogP contribution in [0.2, 0.25) is 0 Å². The van der Waals surface area contributed by atoms with Crippen molar-refractivity contribution in [3.8, 4) is 0 Å². The van der Waals surface area contributed by atoms with Gasteiger partial charge in [-0.2, -0.15) is 0 Å². The number of nitrogens with one attached hydrogen (secondary N) is 1. The number of hydrogen-bond donors (Lipinski definition) is 2. The standard InChI is InChI=1S/C11H17BrN2O2S/c1-9(10-5-2-3-6-11(10)12)14-7-4-8-17(13,15)16/h2-3,5-6,9,14H,4,7-8H2,1H3,(H2,13,15,16). The third-order valence-electron chi connectivity index (χ3n) is 2.43. The molecular formula is C11H17BrN2O2S. The van der Waals surface area contributed by atoms with Crippen LogP contribution in [0.3, 0.4) is 0 Å². The van der Waals surface area contributed by atoms with Crippen molar-refractivity contribution < 1.29 is 8.42 Å². The minimum absolute atomic E-state index is 0.0165. The average Bonchev–Trinajstić information content (AvgIpc) is 2.23. The van der Waals surface area contributed by atoms with Crippen LogP contribution < -0.4 is 10.5 Å². The van der Waals surface area contributed by atoms with E-state index in [1.807, 2.05) is 31.2 Å². The van der Waals surface area contributed by atoms with Crippen molar-refractivity contribution >= 4 is 26.0 Å². The van der Waals surface area contributed by atoms with E-state index in [1.165, 1.54) is 0 Å². The first-order valence-corrected chi connectivity index (χ1v) is 7.89. The topological polar surface area (TPSA) is 72.2 Å². The minimum Gasteiger partial charge on any atom is -0.310 e. The van der Waals surface area contributed by atoms with E-state index in [2.05, 4.69) is 21.2 Å². The highest BCUT2D eigenvalue weighted by Crippen LogP contribution is 2.22. The Morgan fingerprint density at radius 2 is 2.06 bits per heavy atom. The molecule has 4 nitrogen and oxygen atoms in total. The molecule has 0 aliphatic carbocycles. The highest BCUT2D eigenvalue weighted by atomic mass is 79.9. The Balaban J connectivity index is 2.41. The van der Waals surface area contributed by atoms with Crippen LogP contribution >= 0.6 is 15.9 Å². The molecule has 1 rings (SSSR count). The molecule has 6 heteroatoms. The first kappa shape index (κ1) is 14.6. The molecule has 0 aromatic heterocycles. The molecule has 1 unspecified atom stereocenters. The van der Waals surface area contributed by atoms with E-state index in [1.54, 1.807) is 0 Å². The van der Waals surface area contributed by atoms with Crippen LogP contribution in [0.25, 0.3) is 0 Å². The maximum absolute atomic E-state index is 10.7. The Hall–Kier alpha value is -0.430. The second kappa shape index (κ2) is 6.49. The van der Waals surface area contributed by atoms with Crippen molar-refractivity contribution in [1.82, 2.24) is 5.32 Å². The maximum atomic E-state index is 10.7. The number of benzene rings is 1. The molecule has 0 radical (unpaired) electrons. The molecule has 0 fully saturated rings. The normalized spacial score (nSPS) is 13.6. The molecule has 17 heavy (non-hydrogen) atoms. The van der Waals surface area contributed by atoms with E-state index in [4.69, 9.17) is 5.14 Å². The zero-order chi connectivity index (χ0) is 12.9. The van der Waals surface area contributed by atoms with Gasteiger partial charge in [-0.05, 0) is 31.5 Å². The van der Waals surface area contributed by atoms with Gasteiger partial charge in [0.1, 0.15) is 0 Å². The van der Waals surface area contributed by atoms with Gasteiger partial charge >= 0.3 is 0 Å². The largest absolute Gasteiger partial charge is 0.310 e. The predicted octanol–water partition coefficient (Wildman–Crippen LogP) is 1.78. The summed E-state index contributed by atoms with van der Waals surface area (Å²) in [5.74, 6) is 0.0165. The van der Waals surface area contributed by atoms with E-state index < -0.39 is 10.0 Å². The van der Waals surface area contributed by atoms with Crippen molar-refractivity contribution in [2.75, 3.05) is 12.3 Å². The van der Waals surface area contributed by atoms with Gasteiger partial charge in [-0.1, -0.05) is 34.1 Å². The van der Waals surface area contributed by atoms with Gasteiger partial charge in [-0.15, -0.1) is 0 Å². The monoisotopic (exact) mass is 320 g/mol. The summed E-state index contributed by atoms with van der Waals surface area (Å²) in [7, 11) is -3.34. The number of halogens is 1. The van der Waals surface area contributed by atoms with E-state index in [-0.39, 0.29) is 11.8 Å². The molecule has 1 aromatic carbocycles. The second-order valence-electron chi connectivity index (χ2n) is 3.92. The molecule has 0 spiro atoms. The molecule has 1 atom stereocenters. The van der Waals surface area contributed by atoms with Crippen LogP contribution in [0.15, 0.2) is 28.7 Å². The van der Waals surface area contributed by atoms with Crippen LogP contribution in [0, 0.1) is 0 Å². The quantitative estimate of drug-likeness (QED) is 0.785. The highest BCUT2D eigenvalue weighted by molar-refractivity contribution is 9.10. The summed E-state index contributed by atoms with van der Waals surface area (Å²) in [6, 6.07) is 8.12. The molecule has 0 aliphatic heterocycles. The molecule has 0 saturated heterocycles. The Morgan fingerprint density at radius 1 is 1.41 bits per heavy atom. The fraction of sp³-hybridized carbons (Fsp3) is 0.455. The molecular weight excluding hydrogens is 304 g/mol. The van der Waals surface area contributed by atoms with Crippen LogP contribution in [0.5, 0.6) is 0 Å². The third kappa shape index (κ3) is 5.63. The van der Waals surface area contributed by atoms with Gasteiger partial charge in [0.25, 0.3) is 0 Å². The molecule has 96 valence electrons. The van der Waals surface area contributed by atoms with Crippen LogP contribution in [-0.2, 0) is 10.0 Å². The maximum Gasteiger partial charge on any atom is 0.209 e. The minimum atomic E-state index is -3.34. The van der Waals surface area contributed by atoms with Gasteiger partial charge in [0.05, 0.1) is 5.75 Å². The molecule has 0 bridgehead atoms. The Kier molecular flexibility index (Phi) is 5.58. The van der Waals surface area contributed by atoms with Crippen molar-refractivity contribution in [2.45, 2.75) is 19.4 Å². The van der Waals surface area contributed by atoms with Crippen LogP contribution in [0.1, 0.15) is 24.9 Å². The van der Waals surface area contributed by atoms with Crippen LogP contribution in [-0.4, -0.2) is 20.7 Å². The number of primary sulfonamides is 1. The summed E-state index contributed by atoms with van der Waals surface area (Å²) in [5.41, 5.74) is 1.16. The van der Waals surface area contributed by atoms with Crippen LogP contribution in [0.4, 0.5) is 0 Å². The van der Waals surface area contributed by atoms with Crippen molar-refractivity contribution in [2.24, 2.45) is 5.14 Å². The van der Waals surface area contributed by atoms with Gasteiger partial charge in [0, 0.05) is 10.5 Å². The summed E-state index contributed by atoms with van der Waals surface area (Å²) in [6.45, 7) is 2.66. The van der Waals surface area contributed by atoms with E-state index in [9.17, 15) is 8.42 Å². The molecule has 3 N–H and O–H groups in total. The van der Waals surface area contributed by atoms with E-state index in [0.29, 0.717) is 13.0 Å². The Labute approximate surface area is 111 Å². The van der Waals surface area contributed by atoms with Gasteiger partial charge < -0.3 is 5.32 Å². The lowest BCUT2D eigenvalue weighted by Gasteiger charge is -2.15. The average molecular weight is 321 g/mol. The van der Waals surface area contributed by atoms with Crippen molar-refractivity contribution in [3.05, 3.63) is 34.3 Å². The fourth-order valence-corrected chi connectivity index (χ4v) is 2.70. The van der Waals surface area contributed by atoms with Gasteiger partial charge in [0.2, 0.25) is 10.0 Å². The predicted molar refractivity (Wildman–Crippen MR) is 73.2 cm³/mol. The molecule has 0 aliphatic rings. The lowest BCUT2D eigenvalue weighted by Crippen LogP contribution is -2.24. The molecule has 0 amide bonds. The molecule has 0 saturated carbocycles. The SMILES string of the molecule is CC(NCCCS(N)(=O)=O)c1ccccc1Br. The number of sulfonamides is 1. The van der Waals surface area contributed by atoms with E-state index in [0.717, 1.165) is 10.0 Å². The first-order valence-electron chi connectivity index (χ1n) is 5.38. The van der Waals surface area contributed by atoms with E-state index >= 15 is 0 Å². The zero-order valence-electron chi connectivity index (χ0n) is 9.69. The summed E-state index contributed by atoms with van der Waals surface area (Å²) in [5, 5.41) is 8.19. The van der Waals surface area contributed by atoms with Crippen molar-refractivity contribution in [1.29, 1.82) is 0 Å². The Morgan fingerprint density at radius 3 is 2.65 bits per heavy atom. The number of nitrogens with two attached hydrogens (primary N) is 1. The second-order valence-corrected chi connectivity index (χ2v) is 6.51. The smallest absolute Gasteiger partial charge is 0.209 e. The summed E-state index contributed by atoms with van der Waals surface area (Å²) in [6.07, 6.45) is 0.521. The molecule has 1 aromatic rings. The molecule has 0 heterocycles. The number of hydrogen-bond acceptors (Lipinski definition) is 3.